The van der Waals surface area contributed by atoms with Gasteiger partial charge in [-0.2, -0.15) is 0 Å². The van der Waals surface area contributed by atoms with Crippen molar-refractivity contribution < 1.29 is 27.3 Å². The molecule has 0 aromatic heterocycles. The van der Waals surface area contributed by atoms with Crippen molar-refractivity contribution in [1.29, 1.82) is 0 Å². The monoisotopic (exact) mass is 151 g/mol. The van der Waals surface area contributed by atoms with Crippen LogP contribution in [0.1, 0.15) is 13.8 Å². The zero-order valence-electron chi connectivity index (χ0n) is 4.80. The Morgan fingerprint density at radius 2 is 1.88 bits per heavy atom. The predicted molar refractivity (Wildman–Crippen MR) is 24.4 cm³/mol. The van der Waals surface area contributed by atoms with Gasteiger partial charge in [0.2, 0.25) is 0 Å². The van der Waals surface area contributed by atoms with Crippen molar-refractivity contribution in [3.05, 3.63) is 11.8 Å². The number of ketones is 1. The minimum atomic E-state index is -0.187. The van der Waals surface area contributed by atoms with Crippen molar-refractivity contribution in [2.24, 2.45) is 0 Å². The predicted octanol–water partition coefficient (Wildman–Crippen LogP) is -0.163. The Morgan fingerprint density at radius 1 is 1.50 bits per heavy atom. The molecule has 0 unspecified atom stereocenters. The van der Waals surface area contributed by atoms with E-state index in [2.05, 4.69) is 0 Å². The van der Waals surface area contributed by atoms with Crippen LogP contribution in [0.15, 0.2) is 11.8 Å². The van der Waals surface area contributed by atoms with E-state index in [1.165, 1.54) is 13.8 Å². The maximum atomic E-state index is 9.98. The van der Waals surface area contributed by atoms with Crippen LogP contribution in [0.4, 0.5) is 0 Å². The maximum Gasteiger partial charge on any atom is 1.00 e. The second kappa shape index (κ2) is 4.89. The smallest absolute Gasteiger partial charge is 0.876 e. The van der Waals surface area contributed by atoms with Gasteiger partial charge < -0.3 is 5.11 Å². The molecule has 0 aliphatic carbocycles. The molecule has 0 aliphatic rings. The molecule has 0 fully saturated rings. The van der Waals surface area contributed by atoms with E-state index in [1.54, 1.807) is 0 Å². The number of allylic oxidation sites excluding steroid dienone is 2. The molecular formula is C5H7CrO2. The number of carbonyl (C=O) groups is 1. The van der Waals surface area contributed by atoms with Crippen molar-refractivity contribution in [3.63, 3.8) is 0 Å². The van der Waals surface area contributed by atoms with Crippen LogP contribution >= 0.6 is 0 Å². The van der Waals surface area contributed by atoms with Crippen LogP contribution in [0.5, 0.6) is 0 Å². The summed E-state index contributed by atoms with van der Waals surface area (Å²) in [5.41, 5.74) is 0. The Hall–Kier alpha value is -0.258. The molecule has 0 aromatic carbocycles. The third-order valence-electron chi connectivity index (χ3n) is 0.407. The van der Waals surface area contributed by atoms with Gasteiger partial charge in [-0.05, 0) is 13.0 Å². The molecule has 0 atom stereocenters. The van der Waals surface area contributed by atoms with Gasteiger partial charge in [-0.25, -0.2) is 0 Å². The zero-order valence-corrected chi connectivity index (χ0v) is 6.08. The molecule has 0 rings (SSSR count). The van der Waals surface area contributed by atoms with E-state index >= 15 is 0 Å². The topological polar surface area (TPSA) is 40.1 Å². The summed E-state index contributed by atoms with van der Waals surface area (Å²) in [6, 6.07) is 0. The molecule has 0 saturated carbocycles. The first-order valence-electron chi connectivity index (χ1n) is 1.99. The van der Waals surface area contributed by atoms with E-state index in [0.717, 1.165) is 6.08 Å². The number of hydrogen-bond donors (Lipinski definition) is 0. The van der Waals surface area contributed by atoms with Crippen LogP contribution in [0.3, 0.4) is 0 Å². The summed E-state index contributed by atoms with van der Waals surface area (Å²) < 4.78 is 0. The van der Waals surface area contributed by atoms with Crippen molar-refractivity contribution in [1.82, 2.24) is 0 Å². The third kappa shape index (κ3) is 9.22. The van der Waals surface area contributed by atoms with E-state index in [-0.39, 0.29) is 28.9 Å². The first-order valence-corrected chi connectivity index (χ1v) is 1.99. The molecular weight excluding hydrogens is 144 g/mol. The molecule has 8 heavy (non-hydrogen) atoms. The summed E-state index contributed by atoms with van der Waals surface area (Å²) in [6.45, 7) is 2.70. The Morgan fingerprint density at radius 3 is 1.88 bits per heavy atom. The quantitative estimate of drug-likeness (QED) is 0.386. The SMILES string of the molecule is CC(=O)/C=C(/C)[O-].[Cr+]. The average molecular weight is 151 g/mol. The van der Waals surface area contributed by atoms with E-state index in [9.17, 15) is 9.90 Å². The minimum absolute atomic E-state index is 0. The Balaban J connectivity index is 0. The van der Waals surface area contributed by atoms with Crippen LogP contribution in [-0.4, -0.2) is 5.78 Å². The molecule has 0 aromatic rings. The van der Waals surface area contributed by atoms with Crippen molar-refractivity contribution >= 4 is 5.78 Å². The van der Waals surface area contributed by atoms with Crippen molar-refractivity contribution in [2.45, 2.75) is 13.8 Å². The molecule has 0 saturated heterocycles. The van der Waals surface area contributed by atoms with Crippen LogP contribution in [0.25, 0.3) is 0 Å². The van der Waals surface area contributed by atoms with Gasteiger partial charge in [0.25, 0.3) is 0 Å². The fourth-order valence-electron chi connectivity index (χ4n) is 0.286. The van der Waals surface area contributed by atoms with Gasteiger partial charge in [0.05, 0.1) is 0 Å². The van der Waals surface area contributed by atoms with E-state index in [1.807, 2.05) is 0 Å². The van der Waals surface area contributed by atoms with Gasteiger partial charge in [-0.15, -0.1) is 5.76 Å². The van der Waals surface area contributed by atoms with E-state index < -0.39 is 0 Å². The Labute approximate surface area is 59.3 Å². The number of hydrogen-bond acceptors (Lipinski definition) is 2. The van der Waals surface area contributed by atoms with E-state index in [4.69, 9.17) is 0 Å². The Bertz CT molecular complexity index is 103. The van der Waals surface area contributed by atoms with Crippen LogP contribution in [0, 0.1) is 0 Å². The summed E-state index contributed by atoms with van der Waals surface area (Å²) in [4.78, 5) is 9.98. The van der Waals surface area contributed by atoms with Gasteiger partial charge >= 0.3 is 17.4 Å². The molecule has 0 N–H and O–H groups in total. The first kappa shape index (κ1) is 10.7. The van der Waals surface area contributed by atoms with Gasteiger partial charge in [-0.3, -0.25) is 4.79 Å². The average Bonchev–Trinajstić information content (AvgIpc) is 1.27. The summed E-state index contributed by atoms with van der Waals surface area (Å²) in [5, 5.41) is 9.98. The van der Waals surface area contributed by atoms with Crippen molar-refractivity contribution in [3.8, 4) is 0 Å². The molecule has 3 heteroatoms. The summed E-state index contributed by atoms with van der Waals surface area (Å²) in [6.07, 6.45) is 1.06. The van der Waals surface area contributed by atoms with Gasteiger partial charge in [0.15, 0.2) is 5.78 Å². The number of rotatable bonds is 1. The normalized spacial score (nSPS) is 10.0. The van der Waals surface area contributed by atoms with Gasteiger partial charge in [0.1, 0.15) is 0 Å². The second-order valence-electron chi connectivity index (χ2n) is 1.37. The maximum absolute atomic E-state index is 9.98. The summed E-state index contributed by atoms with van der Waals surface area (Å²) >= 11 is 0. The Kier molecular flexibility index (Phi) is 6.53. The molecule has 0 aliphatic heterocycles. The van der Waals surface area contributed by atoms with Crippen molar-refractivity contribution in [2.75, 3.05) is 0 Å². The molecule has 1 radical (unpaired) electrons. The molecule has 0 heterocycles. The van der Waals surface area contributed by atoms with Crippen LogP contribution < -0.4 is 5.11 Å². The minimum Gasteiger partial charge on any atom is -0.876 e. The summed E-state index contributed by atoms with van der Waals surface area (Å²) in [7, 11) is 0. The second-order valence-corrected chi connectivity index (χ2v) is 1.37. The molecule has 0 amide bonds. The van der Waals surface area contributed by atoms with Crippen LogP contribution in [0.2, 0.25) is 0 Å². The number of carbonyl (C=O) groups excluding carboxylic acids is 1. The zero-order chi connectivity index (χ0) is 5.86. The largest absolute Gasteiger partial charge is 1.00 e. The van der Waals surface area contributed by atoms with Gasteiger partial charge in [-0.1, -0.05) is 6.92 Å². The fourth-order valence-corrected chi connectivity index (χ4v) is 0.286. The van der Waals surface area contributed by atoms with Crippen LogP contribution in [-0.2, 0) is 22.2 Å². The molecule has 2 nitrogen and oxygen atoms in total. The third-order valence-corrected chi connectivity index (χ3v) is 0.407. The summed E-state index contributed by atoms with van der Waals surface area (Å²) in [5.74, 6) is -0.375. The fraction of sp³-hybridized carbons (Fsp3) is 0.400. The first-order chi connectivity index (χ1) is 3.13. The molecule has 0 bridgehead atoms. The molecule has 45 valence electrons. The molecule has 0 spiro atoms. The van der Waals surface area contributed by atoms with E-state index in [0.29, 0.717) is 0 Å². The van der Waals surface area contributed by atoms with Gasteiger partial charge in [0, 0.05) is 0 Å². The standard InChI is InChI=1S/C5H8O2.Cr/c1-4(6)3-5(2)7;/h3,6H,1-2H3;/q;+1/p-1/b4-3-;.